The molecule has 14 heavy (non-hydrogen) atoms. The summed E-state index contributed by atoms with van der Waals surface area (Å²) in [5.74, 6) is 0. The number of unbranched alkanes of at least 4 members (excludes halogenated alkanes) is 4. The smallest absolute Gasteiger partial charge is 0.0283 e. The van der Waals surface area contributed by atoms with Crippen LogP contribution in [0.3, 0.4) is 0 Å². The Bertz CT molecular complexity index is 147. The van der Waals surface area contributed by atoms with E-state index in [2.05, 4.69) is 26.5 Å². The lowest BCUT2D eigenvalue weighted by atomic mass is 10.2. The molecule has 0 heterocycles. The number of rotatable bonds is 6. The number of allylic oxidation sites excluding steroid dienone is 3. The topological polar surface area (TPSA) is 0 Å². The first-order valence-electron chi connectivity index (χ1n) is 6.13. The molecule has 1 rings (SSSR count). The largest absolute Gasteiger partial charge is 0.103 e. The molecule has 1 aliphatic rings. The molecule has 0 aromatic carbocycles. The molecule has 0 amide bonds. The molecule has 1 saturated carbocycles. The van der Waals surface area contributed by atoms with Crippen LogP contribution in [0.5, 0.6) is 0 Å². The van der Waals surface area contributed by atoms with E-state index >= 15 is 0 Å². The van der Waals surface area contributed by atoms with E-state index in [1.807, 2.05) is 6.08 Å². The van der Waals surface area contributed by atoms with Crippen molar-refractivity contribution in [3.05, 3.63) is 24.3 Å². The minimum atomic E-state index is 1.19. The summed E-state index contributed by atoms with van der Waals surface area (Å²) in [6.07, 6.45) is 14.9. The molecular formula is C14H26. The van der Waals surface area contributed by atoms with Crippen LogP contribution in [0, 0.1) is 0 Å². The highest BCUT2D eigenvalue weighted by molar-refractivity contribution is 5.15. The fraction of sp³-hybridized carbons (Fsp3) is 0.714. The Morgan fingerprint density at radius 2 is 1.86 bits per heavy atom. The second kappa shape index (κ2) is 10.6. The van der Waals surface area contributed by atoms with Crippen LogP contribution in [0.15, 0.2) is 24.3 Å². The van der Waals surface area contributed by atoms with E-state index in [1.165, 1.54) is 51.4 Å². The van der Waals surface area contributed by atoms with E-state index in [4.69, 9.17) is 0 Å². The average molecular weight is 194 g/mol. The van der Waals surface area contributed by atoms with Gasteiger partial charge in [0.15, 0.2) is 0 Å². The lowest BCUT2D eigenvalue weighted by Crippen LogP contribution is -1.71. The molecule has 0 unspecified atom stereocenters. The predicted molar refractivity (Wildman–Crippen MR) is 66.6 cm³/mol. The SMILES string of the molecule is C=CCCCCCC.CCC=C1CC1. The van der Waals surface area contributed by atoms with Crippen LogP contribution in [-0.2, 0) is 0 Å². The van der Waals surface area contributed by atoms with Crippen molar-refractivity contribution in [2.75, 3.05) is 0 Å². The van der Waals surface area contributed by atoms with Gasteiger partial charge in [0.25, 0.3) is 0 Å². The van der Waals surface area contributed by atoms with Gasteiger partial charge in [0.05, 0.1) is 0 Å². The Morgan fingerprint density at radius 1 is 1.14 bits per heavy atom. The molecule has 82 valence electrons. The van der Waals surface area contributed by atoms with Gasteiger partial charge in [-0.3, -0.25) is 0 Å². The Morgan fingerprint density at radius 3 is 2.21 bits per heavy atom. The highest BCUT2D eigenvalue weighted by Crippen LogP contribution is 2.27. The molecule has 0 radical (unpaired) electrons. The Balaban J connectivity index is 0.000000249. The van der Waals surface area contributed by atoms with Crippen molar-refractivity contribution in [1.82, 2.24) is 0 Å². The summed E-state index contributed by atoms with van der Waals surface area (Å²) in [4.78, 5) is 0. The van der Waals surface area contributed by atoms with Gasteiger partial charge in [-0.1, -0.05) is 50.8 Å². The molecular weight excluding hydrogens is 168 g/mol. The van der Waals surface area contributed by atoms with Crippen molar-refractivity contribution in [2.24, 2.45) is 0 Å². The molecule has 0 aliphatic heterocycles. The molecule has 1 fully saturated rings. The summed E-state index contributed by atoms with van der Waals surface area (Å²) in [6, 6.07) is 0. The molecule has 0 spiro atoms. The number of hydrogen-bond acceptors (Lipinski definition) is 0. The lowest BCUT2D eigenvalue weighted by Gasteiger charge is -1.91. The zero-order chi connectivity index (χ0) is 10.6. The molecule has 0 atom stereocenters. The van der Waals surface area contributed by atoms with Gasteiger partial charge in [0.1, 0.15) is 0 Å². The summed E-state index contributed by atoms with van der Waals surface area (Å²) < 4.78 is 0. The van der Waals surface area contributed by atoms with Gasteiger partial charge in [-0.2, -0.15) is 0 Å². The highest BCUT2D eigenvalue weighted by atomic mass is 14.1. The molecule has 0 aromatic heterocycles. The van der Waals surface area contributed by atoms with Crippen molar-refractivity contribution in [2.45, 2.75) is 65.2 Å². The summed E-state index contributed by atoms with van der Waals surface area (Å²) in [6.45, 7) is 8.07. The maximum absolute atomic E-state index is 3.66. The zero-order valence-electron chi connectivity index (χ0n) is 10.0. The quantitative estimate of drug-likeness (QED) is 0.399. The van der Waals surface area contributed by atoms with Gasteiger partial charge in [0.2, 0.25) is 0 Å². The third-order valence-electron chi connectivity index (χ3n) is 2.29. The van der Waals surface area contributed by atoms with Gasteiger partial charge in [-0.25, -0.2) is 0 Å². The molecule has 0 nitrogen and oxygen atoms in total. The summed E-state index contributed by atoms with van der Waals surface area (Å²) in [7, 11) is 0. The molecule has 0 aromatic rings. The van der Waals surface area contributed by atoms with Gasteiger partial charge < -0.3 is 0 Å². The van der Waals surface area contributed by atoms with Crippen LogP contribution in [0.1, 0.15) is 65.2 Å². The third-order valence-corrected chi connectivity index (χ3v) is 2.29. The van der Waals surface area contributed by atoms with E-state index in [-0.39, 0.29) is 0 Å². The fourth-order valence-corrected chi connectivity index (χ4v) is 1.28. The van der Waals surface area contributed by atoms with E-state index in [9.17, 15) is 0 Å². The van der Waals surface area contributed by atoms with E-state index < -0.39 is 0 Å². The van der Waals surface area contributed by atoms with E-state index in [0.717, 1.165) is 0 Å². The standard InChI is InChI=1S/C8H16.C6H10/c1-3-5-7-8-6-4-2;1-2-3-6-4-5-6/h3H,1,4-8H2,2H3;3H,2,4-5H2,1H3. The van der Waals surface area contributed by atoms with Crippen LogP contribution in [0.2, 0.25) is 0 Å². The van der Waals surface area contributed by atoms with Gasteiger partial charge >= 0.3 is 0 Å². The number of hydrogen-bond donors (Lipinski definition) is 0. The Labute approximate surface area is 90.1 Å². The first-order chi connectivity index (χ1) is 6.85. The van der Waals surface area contributed by atoms with Crippen molar-refractivity contribution in [3.8, 4) is 0 Å². The van der Waals surface area contributed by atoms with Gasteiger partial charge in [0, 0.05) is 0 Å². The monoisotopic (exact) mass is 194 g/mol. The minimum Gasteiger partial charge on any atom is -0.103 e. The van der Waals surface area contributed by atoms with Crippen molar-refractivity contribution >= 4 is 0 Å². The molecule has 0 bridgehead atoms. The van der Waals surface area contributed by atoms with Crippen LogP contribution in [0.25, 0.3) is 0 Å². The van der Waals surface area contributed by atoms with Crippen LogP contribution < -0.4 is 0 Å². The average Bonchev–Trinajstić information content (AvgIpc) is 2.98. The summed E-state index contributed by atoms with van der Waals surface area (Å²) in [5.41, 5.74) is 1.66. The third kappa shape index (κ3) is 11.5. The second-order valence-corrected chi connectivity index (χ2v) is 3.91. The molecule has 0 saturated heterocycles. The zero-order valence-corrected chi connectivity index (χ0v) is 10.0. The van der Waals surface area contributed by atoms with E-state index in [1.54, 1.807) is 5.57 Å². The van der Waals surface area contributed by atoms with Gasteiger partial charge in [-0.05, 0) is 32.1 Å². The molecule has 1 aliphatic carbocycles. The van der Waals surface area contributed by atoms with Crippen molar-refractivity contribution in [3.63, 3.8) is 0 Å². The predicted octanol–water partition coefficient (Wildman–Crippen LogP) is 5.26. The fourth-order valence-electron chi connectivity index (χ4n) is 1.28. The van der Waals surface area contributed by atoms with Crippen LogP contribution in [0.4, 0.5) is 0 Å². The second-order valence-electron chi connectivity index (χ2n) is 3.91. The van der Waals surface area contributed by atoms with E-state index in [0.29, 0.717) is 0 Å². The minimum absolute atomic E-state index is 1.19. The Kier molecular flexibility index (Phi) is 10.2. The van der Waals surface area contributed by atoms with Crippen molar-refractivity contribution < 1.29 is 0 Å². The maximum Gasteiger partial charge on any atom is -0.0283 e. The van der Waals surface area contributed by atoms with Crippen molar-refractivity contribution in [1.29, 1.82) is 0 Å². The molecule has 0 N–H and O–H groups in total. The summed E-state index contributed by atoms with van der Waals surface area (Å²) >= 11 is 0. The van der Waals surface area contributed by atoms with Crippen LogP contribution >= 0.6 is 0 Å². The lowest BCUT2D eigenvalue weighted by molar-refractivity contribution is 0.675. The first-order valence-corrected chi connectivity index (χ1v) is 6.13. The normalized spacial score (nSPS) is 12.9. The van der Waals surface area contributed by atoms with Gasteiger partial charge in [-0.15, -0.1) is 6.58 Å². The molecule has 0 heteroatoms. The van der Waals surface area contributed by atoms with Crippen LogP contribution in [-0.4, -0.2) is 0 Å². The summed E-state index contributed by atoms with van der Waals surface area (Å²) in [5, 5.41) is 0. The first kappa shape index (κ1) is 13.5. The maximum atomic E-state index is 3.66. The highest BCUT2D eigenvalue weighted by Gasteiger charge is 2.07. The Hall–Kier alpha value is -0.520.